The number of imide groups is 1. The van der Waals surface area contributed by atoms with Crippen LogP contribution in [-0.4, -0.2) is 11.8 Å². The van der Waals surface area contributed by atoms with Crippen LogP contribution in [0.25, 0.3) is 0 Å². The lowest BCUT2D eigenvalue weighted by atomic mass is 9.72. The number of carbonyl (C=O) groups is 2. The molecule has 1 heterocycles. The third kappa shape index (κ3) is 2.62. The molecule has 0 spiro atoms. The summed E-state index contributed by atoms with van der Waals surface area (Å²) in [5, 5.41) is 2.48. The minimum Gasteiger partial charge on any atom is -0.296 e. The van der Waals surface area contributed by atoms with Gasteiger partial charge in [-0.2, -0.15) is 0 Å². The van der Waals surface area contributed by atoms with Gasteiger partial charge < -0.3 is 0 Å². The van der Waals surface area contributed by atoms with E-state index in [0.29, 0.717) is 6.42 Å². The van der Waals surface area contributed by atoms with Crippen molar-refractivity contribution in [3.8, 4) is 0 Å². The molecule has 2 rings (SSSR count). The largest absolute Gasteiger partial charge is 0.296 e. The number of nitrogens with one attached hydrogen (secondary N) is 1. The number of rotatable bonds is 2. The van der Waals surface area contributed by atoms with Crippen molar-refractivity contribution >= 4 is 11.8 Å². The van der Waals surface area contributed by atoms with Crippen LogP contribution in [-0.2, 0) is 9.59 Å². The van der Waals surface area contributed by atoms with Crippen LogP contribution in [0, 0.1) is 32.6 Å². The fourth-order valence-corrected chi connectivity index (χ4v) is 3.61. The Labute approximate surface area is 120 Å². The smallest absolute Gasteiger partial charge is 0.230 e. The van der Waals surface area contributed by atoms with Gasteiger partial charge in [0.1, 0.15) is 0 Å². The summed E-state index contributed by atoms with van der Waals surface area (Å²) < 4.78 is 0. The second-order valence-corrected chi connectivity index (χ2v) is 6.31. The Morgan fingerprint density at radius 2 is 1.65 bits per heavy atom. The highest BCUT2D eigenvalue weighted by molar-refractivity contribution is 6.00. The Balaban J connectivity index is 2.52. The first kappa shape index (κ1) is 14.8. The Kier molecular flexibility index (Phi) is 3.98. The molecule has 1 aliphatic heterocycles. The molecule has 0 bridgehead atoms. The minimum atomic E-state index is -0.156. The Morgan fingerprint density at radius 3 is 2.15 bits per heavy atom. The molecule has 0 saturated carbocycles. The van der Waals surface area contributed by atoms with Crippen molar-refractivity contribution in [3.05, 3.63) is 34.4 Å². The first-order chi connectivity index (χ1) is 9.31. The fraction of sp³-hybridized carbons (Fsp3) is 0.529. The van der Waals surface area contributed by atoms with E-state index in [1.165, 1.54) is 22.3 Å². The zero-order chi connectivity index (χ0) is 15.0. The number of carbonyl (C=O) groups excluding carboxylic acids is 2. The summed E-state index contributed by atoms with van der Waals surface area (Å²) >= 11 is 0. The normalized spacial score (nSPS) is 23.1. The molecule has 1 saturated heterocycles. The number of hydrogen-bond acceptors (Lipinski definition) is 2. The number of benzene rings is 1. The van der Waals surface area contributed by atoms with E-state index in [4.69, 9.17) is 0 Å². The fourth-order valence-electron chi connectivity index (χ4n) is 3.61. The van der Waals surface area contributed by atoms with Crippen molar-refractivity contribution in [2.75, 3.05) is 0 Å². The van der Waals surface area contributed by atoms with E-state index in [1.54, 1.807) is 0 Å². The van der Waals surface area contributed by atoms with Crippen LogP contribution >= 0.6 is 0 Å². The summed E-state index contributed by atoms with van der Waals surface area (Å²) in [7, 11) is 0. The summed E-state index contributed by atoms with van der Waals surface area (Å²) in [6.45, 7) is 10.3. The molecule has 2 atom stereocenters. The zero-order valence-corrected chi connectivity index (χ0v) is 12.9. The standard InChI is InChI=1S/C17H23NO2/c1-9(2)15-13(8-14(19)18-17(15)20)16-11(4)6-10(3)7-12(16)5/h6-7,9,13,15H,8H2,1-5H3,(H,18,19,20). The topological polar surface area (TPSA) is 46.2 Å². The van der Waals surface area contributed by atoms with Crippen LogP contribution in [0.2, 0.25) is 0 Å². The highest BCUT2D eigenvalue weighted by Crippen LogP contribution is 2.39. The first-order valence-electron chi connectivity index (χ1n) is 7.22. The molecule has 2 amide bonds. The number of piperidine rings is 1. The van der Waals surface area contributed by atoms with Crippen molar-refractivity contribution in [1.29, 1.82) is 0 Å². The third-order valence-electron chi connectivity index (χ3n) is 4.23. The van der Waals surface area contributed by atoms with E-state index < -0.39 is 0 Å². The monoisotopic (exact) mass is 273 g/mol. The maximum atomic E-state index is 12.2. The van der Waals surface area contributed by atoms with Gasteiger partial charge in [0.25, 0.3) is 0 Å². The van der Waals surface area contributed by atoms with Crippen LogP contribution < -0.4 is 5.32 Å². The third-order valence-corrected chi connectivity index (χ3v) is 4.23. The van der Waals surface area contributed by atoms with Crippen LogP contribution in [0.4, 0.5) is 0 Å². The van der Waals surface area contributed by atoms with Crippen LogP contribution in [0.1, 0.15) is 48.4 Å². The molecule has 1 aromatic carbocycles. The average Bonchev–Trinajstić information content (AvgIpc) is 2.25. The van der Waals surface area contributed by atoms with Crippen LogP contribution in [0.15, 0.2) is 12.1 Å². The molecular weight excluding hydrogens is 250 g/mol. The lowest BCUT2D eigenvalue weighted by molar-refractivity contribution is -0.138. The summed E-state index contributed by atoms with van der Waals surface area (Å²) in [5.41, 5.74) is 4.76. The van der Waals surface area contributed by atoms with E-state index in [-0.39, 0.29) is 29.6 Å². The molecule has 2 unspecified atom stereocenters. The van der Waals surface area contributed by atoms with Crippen LogP contribution in [0.3, 0.4) is 0 Å². The van der Waals surface area contributed by atoms with E-state index in [1.807, 2.05) is 13.8 Å². The quantitative estimate of drug-likeness (QED) is 0.842. The molecule has 1 aliphatic rings. The van der Waals surface area contributed by atoms with Crippen molar-refractivity contribution < 1.29 is 9.59 Å². The predicted molar refractivity (Wildman–Crippen MR) is 79.5 cm³/mol. The number of hydrogen-bond donors (Lipinski definition) is 1. The molecule has 1 aromatic rings. The van der Waals surface area contributed by atoms with Gasteiger partial charge in [-0.25, -0.2) is 0 Å². The van der Waals surface area contributed by atoms with Gasteiger partial charge >= 0.3 is 0 Å². The van der Waals surface area contributed by atoms with E-state index >= 15 is 0 Å². The van der Waals surface area contributed by atoms with Gasteiger partial charge in [-0.3, -0.25) is 14.9 Å². The summed E-state index contributed by atoms with van der Waals surface area (Å²) in [6, 6.07) is 4.27. The molecule has 0 aliphatic carbocycles. The summed E-state index contributed by atoms with van der Waals surface area (Å²) in [6.07, 6.45) is 0.402. The SMILES string of the molecule is Cc1cc(C)c(C2CC(=O)NC(=O)C2C(C)C)c(C)c1. The number of amides is 2. The molecule has 1 fully saturated rings. The predicted octanol–water partition coefficient (Wildman–Crippen LogP) is 3.01. The lowest BCUT2D eigenvalue weighted by Crippen LogP contribution is -2.47. The van der Waals surface area contributed by atoms with Crippen molar-refractivity contribution in [1.82, 2.24) is 5.32 Å². The zero-order valence-electron chi connectivity index (χ0n) is 12.9. The summed E-state index contributed by atoms with van der Waals surface area (Å²) in [4.78, 5) is 24.0. The highest BCUT2D eigenvalue weighted by Gasteiger charge is 2.39. The van der Waals surface area contributed by atoms with Gasteiger partial charge in [0.15, 0.2) is 0 Å². The molecule has 108 valence electrons. The van der Waals surface area contributed by atoms with Gasteiger partial charge in [0, 0.05) is 18.3 Å². The van der Waals surface area contributed by atoms with Crippen molar-refractivity contribution in [3.63, 3.8) is 0 Å². The van der Waals surface area contributed by atoms with Gasteiger partial charge in [0.2, 0.25) is 11.8 Å². The van der Waals surface area contributed by atoms with Gasteiger partial charge in [-0.1, -0.05) is 31.5 Å². The van der Waals surface area contributed by atoms with Gasteiger partial charge in [-0.05, 0) is 43.4 Å². The molecule has 0 aromatic heterocycles. The second-order valence-electron chi connectivity index (χ2n) is 6.31. The van der Waals surface area contributed by atoms with Crippen molar-refractivity contribution in [2.45, 2.75) is 47.0 Å². The van der Waals surface area contributed by atoms with Gasteiger partial charge in [-0.15, -0.1) is 0 Å². The van der Waals surface area contributed by atoms with Crippen molar-refractivity contribution in [2.24, 2.45) is 11.8 Å². The molecule has 3 nitrogen and oxygen atoms in total. The Bertz CT molecular complexity index is 537. The molecule has 20 heavy (non-hydrogen) atoms. The van der Waals surface area contributed by atoms with E-state index in [9.17, 15) is 9.59 Å². The molecule has 1 N–H and O–H groups in total. The lowest BCUT2D eigenvalue weighted by Gasteiger charge is -2.34. The number of aryl methyl sites for hydroxylation is 3. The highest BCUT2D eigenvalue weighted by atomic mass is 16.2. The van der Waals surface area contributed by atoms with E-state index in [0.717, 1.165) is 0 Å². The molecule has 0 radical (unpaired) electrons. The first-order valence-corrected chi connectivity index (χ1v) is 7.22. The summed E-state index contributed by atoms with van der Waals surface area (Å²) in [5.74, 6) is -0.199. The Morgan fingerprint density at radius 1 is 1.10 bits per heavy atom. The molecular formula is C17H23NO2. The molecule has 3 heteroatoms. The van der Waals surface area contributed by atoms with E-state index in [2.05, 4.69) is 38.2 Å². The van der Waals surface area contributed by atoms with Crippen LogP contribution in [0.5, 0.6) is 0 Å². The maximum absolute atomic E-state index is 12.2. The average molecular weight is 273 g/mol. The van der Waals surface area contributed by atoms with Gasteiger partial charge in [0.05, 0.1) is 0 Å². The maximum Gasteiger partial charge on any atom is 0.230 e. The minimum absolute atomic E-state index is 0.00292. The Hall–Kier alpha value is -1.64. The second kappa shape index (κ2) is 5.39.